The molecule has 0 radical (unpaired) electrons. The summed E-state index contributed by atoms with van der Waals surface area (Å²) < 4.78 is 11.3. The van der Waals surface area contributed by atoms with Gasteiger partial charge in [0, 0.05) is 50.1 Å². The predicted octanol–water partition coefficient (Wildman–Crippen LogP) is 14.5. The molecular weight excluding hydrogens is 721 g/mol. The summed E-state index contributed by atoms with van der Waals surface area (Å²) in [5.41, 5.74) is 15.0. The van der Waals surface area contributed by atoms with Crippen molar-refractivity contribution in [3.8, 4) is 34.0 Å². The minimum atomic E-state index is 0.0427. The Kier molecular flexibility index (Phi) is 7.61. The van der Waals surface area contributed by atoms with Crippen LogP contribution in [0.15, 0.2) is 162 Å². The maximum Gasteiger partial charge on any atom is 0.227 e. The van der Waals surface area contributed by atoms with Crippen molar-refractivity contribution in [3.63, 3.8) is 0 Å². The highest BCUT2D eigenvalue weighted by atomic mass is 16.3. The summed E-state index contributed by atoms with van der Waals surface area (Å²) >= 11 is 0. The quantitative estimate of drug-likeness (QED) is 0.179. The molecule has 286 valence electrons. The molecule has 0 aliphatic rings. The van der Waals surface area contributed by atoms with Crippen molar-refractivity contribution in [2.45, 2.75) is 52.4 Å². The van der Waals surface area contributed by atoms with Crippen LogP contribution in [-0.2, 0) is 10.8 Å². The van der Waals surface area contributed by atoms with Crippen LogP contribution in [0.5, 0.6) is 0 Å². The standard InChI is InChI=1S/C54H44N4O/c1-53(2,3)37-20-24-47-43(31-37)44-32-38(54(4,5)6)21-25-48(44)57(47)39-22-17-33(18-23-39)35-28-36(52-56-51-49(59-52)26-19-34-12-11-27-55-50(34)51)30-40(29-35)58-45-15-9-7-13-41(45)42-14-8-10-16-46(42)58/h7-32H,1-6H3. The molecule has 0 amide bonds. The molecule has 0 N–H and O–H groups in total. The van der Waals surface area contributed by atoms with Gasteiger partial charge in [-0.05, 0) is 118 Å². The molecule has 0 aliphatic carbocycles. The summed E-state index contributed by atoms with van der Waals surface area (Å²) in [7, 11) is 0. The molecule has 0 aliphatic heterocycles. The van der Waals surface area contributed by atoms with Gasteiger partial charge in [0.05, 0.1) is 27.6 Å². The van der Waals surface area contributed by atoms with E-state index in [1.54, 1.807) is 0 Å². The zero-order valence-corrected chi connectivity index (χ0v) is 34.2. The number of hydrogen-bond acceptors (Lipinski definition) is 3. The Hall–Kier alpha value is -6.98. The molecule has 7 aromatic carbocycles. The van der Waals surface area contributed by atoms with E-state index < -0.39 is 0 Å². The van der Waals surface area contributed by atoms with Gasteiger partial charge >= 0.3 is 0 Å². The molecule has 0 saturated carbocycles. The van der Waals surface area contributed by atoms with E-state index in [1.165, 1.54) is 43.7 Å². The van der Waals surface area contributed by atoms with Crippen molar-refractivity contribution in [1.29, 1.82) is 0 Å². The molecule has 0 saturated heterocycles. The van der Waals surface area contributed by atoms with Crippen LogP contribution in [0, 0.1) is 0 Å². The van der Waals surface area contributed by atoms with Crippen molar-refractivity contribution in [3.05, 3.63) is 169 Å². The Morgan fingerprint density at radius 2 is 1.02 bits per heavy atom. The van der Waals surface area contributed by atoms with Gasteiger partial charge in [-0.2, -0.15) is 0 Å². The molecule has 0 unspecified atom stereocenters. The molecular formula is C54H44N4O. The van der Waals surface area contributed by atoms with Crippen molar-refractivity contribution in [2.75, 3.05) is 0 Å². The summed E-state index contributed by atoms with van der Waals surface area (Å²) in [5, 5.41) is 6.04. The molecule has 0 fully saturated rings. The SMILES string of the molecule is CC(C)(C)c1ccc2c(c1)c1cc(C(C)(C)C)ccc1n2-c1ccc(-c2cc(-c3nc4c(ccc5cccnc54)o3)cc(-n3c4ccccc4c4ccccc43)c2)cc1. The number of rotatable bonds is 4. The lowest BCUT2D eigenvalue weighted by Crippen LogP contribution is -2.10. The van der Waals surface area contributed by atoms with Crippen LogP contribution in [-0.4, -0.2) is 19.1 Å². The van der Waals surface area contributed by atoms with E-state index >= 15 is 0 Å². The lowest BCUT2D eigenvalue weighted by atomic mass is 9.85. The van der Waals surface area contributed by atoms with Crippen LogP contribution in [0.3, 0.4) is 0 Å². The minimum absolute atomic E-state index is 0.0427. The fourth-order valence-electron chi connectivity index (χ4n) is 8.92. The number of benzene rings is 7. The van der Waals surface area contributed by atoms with Gasteiger partial charge in [0.2, 0.25) is 5.89 Å². The largest absolute Gasteiger partial charge is 0.436 e. The third-order valence-corrected chi connectivity index (χ3v) is 12.1. The third-order valence-electron chi connectivity index (χ3n) is 12.1. The molecule has 0 bridgehead atoms. The van der Waals surface area contributed by atoms with Crippen molar-refractivity contribution < 1.29 is 4.42 Å². The maximum absolute atomic E-state index is 6.55. The van der Waals surface area contributed by atoms with Crippen LogP contribution < -0.4 is 0 Å². The molecule has 0 spiro atoms. The smallest absolute Gasteiger partial charge is 0.227 e. The van der Waals surface area contributed by atoms with Crippen LogP contribution in [0.25, 0.3) is 99.6 Å². The Bertz CT molecular complexity index is 3330. The lowest BCUT2D eigenvalue weighted by molar-refractivity contribution is 0.590. The van der Waals surface area contributed by atoms with E-state index in [0.29, 0.717) is 5.89 Å². The summed E-state index contributed by atoms with van der Waals surface area (Å²) in [4.78, 5) is 9.78. The number of oxazole rings is 1. The first-order valence-electron chi connectivity index (χ1n) is 20.5. The number of pyridine rings is 1. The highest BCUT2D eigenvalue weighted by molar-refractivity contribution is 6.11. The van der Waals surface area contributed by atoms with E-state index in [1.807, 2.05) is 24.4 Å². The molecule has 59 heavy (non-hydrogen) atoms. The van der Waals surface area contributed by atoms with Gasteiger partial charge in [-0.1, -0.05) is 108 Å². The summed E-state index contributed by atoms with van der Waals surface area (Å²) in [6, 6.07) is 55.1. The van der Waals surface area contributed by atoms with Crippen LogP contribution in [0.2, 0.25) is 0 Å². The fourth-order valence-corrected chi connectivity index (χ4v) is 8.92. The summed E-state index contributed by atoms with van der Waals surface area (Å²) in [5.74, 6) is 0.563. The normalized spacial score (nSPS) is 12.6. The zero-order valence-electron chi connectivity index (χ0n) is 34.2. The summed E-state index contributed by atoms with van der Waals surface area (Å²) in [6.07, 6.45) is 1.81. The van der Waals surface area contributed by atoms with E-state index in [4.69, 9.17) is 9.40 Å². The Morgan fingerprint density at radius 3 is 1.64 bits per heavy atom. The highest BCUT2D eigenvalue weighted by Crippen LogP contribution is 2.40. The number of hydrogen-bond donors (Lipinski definition) is 0. The van der Waals surface area contributed by atoms with E-state index in [2.05, 4.69) is 189 Å². The van der Waals surface area contributed by atoms with Gasteiger partial charge in [0.25, 0.3) is 0 Å². The topological polar surface area (TPSA) is 48.8 Å². The second kappa shape index (κ2) is 12.8. The average Bonchev–Trinajstić information content (AvgIpc) is 3.93. The predicted molar refractivity (Wildman–Crippen MR) is 246 cm³/mol. The second-order valence-electron chi connectivity index (χ2n) is 18.0. The number of para-hydroxylation sites is 2. The second-order valence-corrected chi connectivity index (χ2v) is 18.0. The molecule has 5 nitrogen and oxygen atoms in total. The number of fused-ring (bicyclic) bond motifs is 9. The molecule has 5 heteroatoms. The van der Waals surface area contributed by atoms with Gasteiger partial charge in [-0.3, -0.25) is 4.98 Å². The van der Waals surface area contributed by atoms with Crippen molar-refractivity contribution in [1.82, 2.24) is 19.1 Å². The lowest BCUT2D eigenvalue weighted by Gasteiger charge is -2.19. The van der Waals surface area contributed by atoms with Crippen LogP contribution in [0.4, 0.5) is 0 Å². The van der Waals surface area contributed by atoms with E-state index in [-0.39, 0.29) is 10.8 Å². The first kappa shape index (κ1) is 35.2. The van der Waals surface area contributed by atoms with Crippen molar-refractivity contribution in [2.24, 2.45) is 0 Å². The maximum atomic E-state index is 6.55. The van der Waals surface area contributed by atoms with Gasteiger partial charge in [0.1, 0.15) is 5.52 Å². The number of nitrogens with zero attached hydrogens (tertiary/aromatic N) is 4. The van der Waals surface area contributed by atoms with Crippen LogP contribution in [0.1, 0.15) is 52.7 Å². The van der Waals surface area contributed by atoms with Gasteiger partial charge in [-0.25, -0.2) is 4.98 Å². The molecule has 4 aromatic heterocycles. The monoisotopic (exact) mass is 764 g/mol. The van der Waals surface area contributed by atoms with Gasteiger partial charge in [0.15, 0.2) is 5.58 Å². The van der Waals surface area contributed by atoms with Crippen LogP contribution >= 0.6 is 0 Å². The molecule has 11 rings (SSSR count). The third kappa shape index (κ3) is 5.67. The van der Waals surface area contributed by atoms with E-state index in [0.717, 1.165) is 61.1 Å². The van der Waals surface area contributed by atoms with Gasteiger partial charge < -0.3 is 13.6 Å². The highest BCUT2D eigenvalue weighted by Gasteiger charge is 2.22. The first-order chi connectivity index (χ1) is 28.5. The Labute approximate surface area is 343 Å². The molecule has 11 aromatic rings. The van der Waals surface area contributed by atoms with Crippen molar-refractivity contribution >= 4 is 65.6 Å². The molecule has 4 heterocycles. The number of aromatic nitrogens is 4. The molecule has 0 atom stereocenters. The van der Waals surface area contributed by atoms with Gasteiger partial charge in [-0.15, -0.1) is 0 Å². The fraction of sp³-hybridized carbons (Fsp3) is 0.148. The zero-order chi connectivity index (χ0) is 40.2. The Balaban J connectivity index is 1.10. The van der Waals surface area contributed by atoms with E-state index in [9.17, 15) is 0 Å². The summed E-state index contributed by atoms with van der Waals surface area (Å²) in [6.45, 7) is 13.7. The first-order valence-corrected chi connectivity index (χ1v) is 20.5. The Morgan fingerprint density at radius 1 is 0.441 bits per heavy atom. The average molecular weight is 765 g/mol. The minimum Gasteiger partial charge on any atom is -0.436 e.